The van der Waals surface area contributed by atoms with Gasteiger partial charge in [0.2, 0.25) is 0 Å². The molecule has 0 saturated carbocycles. The fraction of sp³-hybridized carbons (Fsp3) is 0.273. The molecule has 0 aromatic heterocycles. The topological polar surface area (TPSA) is 87.0 Å². The first-order valence-corrected chi connectivity index (χ1v) is 7.30. The van der Waals surface area contributed by atoms with Gasteiger partial charge in [0.05, 0.1) is 17.0 Å². The molecular weight excluding hydrogens is 292 g/mol. The van der Waals surface area contributed by atoms with E-state index in [1.165, 1.54) is 6.07 Å². The number of halogens is 1. The van der Waals surface area contributed by atoms with Gasteiger partial charge in [-0.2, -0.15) is 13.5 Å². The van der Waals surface area contributed by atoms with Gasteiger partial charge in [-0.1, -0.05) is 18.5 Å². The SMILES string of the molecule is CCC1=NN(c2cc(Cl)cc(S(=O)(=O)O)c2)C(=O)C1. The molecule has 8 heteroatoms. The number of carbonyl (C=O) groups excluding carboxylic acids is 1. The molecule has 1 heterocycles. The first-order chi connectivity index (χ1) is 8.81. The van der Waals surface area contributed by atoms with Crippen LogP contribution in [0.2, 0.25) is 5.02 Å². The average Bonchev–Trinajstić information content (AvgIpc) is 2.68. The van der Waals surface area contributed by atoms with E-state index in [1.807, 2.05) is 6.92 Å². The molecule has 1 N–H and O–H groups in total. The van der Waals surface area contributed by atoms with Gasteiger partial charge in [-0.25, -0.2) is 5.01 Å². The third kappa shape index (κ3) is 2.94. The molecule has 0 spiro atoms. The van der Waals surface area contributed by atoms with Crippen LogP contribution in [-0.4, -0.2) is 24.6 Å². The molecule has 0 bridgehead atoms. The van der Waals surface area contributed by atoms with Crippen molar-refractivity contribution >= 4 is 39.0 Å². The summed E-state index contributed by atoms with van der Waals surface area (Å²) in [4.78, 5) is 11.4. The summed E-state index contributed by atoms with van der Waals surface area (Å²) in [5, 5.41) is 5.28. The van der Waals surface area contributed by atoms with E-state index in [0.717, 1.165) is 17.1 Å². The Morgan fingerprint density at radius 2 is 2.11 bits per heavy atom. The maximum absolute atomic E-state index is 11.8. The van der Waals surface area contributed by atoms with Gasteiger partial charge in [0.15, 0.2) is 0 Å². The number of amides is 1. The fourth-order valence-corrected chi connectivity index (χ4v) is 2.54. The van der Waals surface area contributed by atoms with E-state index in [0.29, 0.717) is 12.1 Å². The number of hydrogen-bond donors (Lipinski definition) is 1. The van der Waals surface area contributed by atoms with E-state index in [9.17, 15) is 13.2 Å². The van der Waals surface area contributed by atoms with Crippen molar-refractivity contribution in [1.29, 1.82) is 0 Å². The molecule has 19 heavy (non-hydrogen) atoms. The Balaban J connectivity index is 2.49. The summed E-state index contributed by atoms with van der Waals surface area (Å²) in [6.45, 7) is 1.87. The third-order valence-corrected chi connectivity index (χ3v) is 3.69. The Bertz CT molecular complexity index is 669. The maximum Gasteiger partial charge on any atom is 0.294 e. The zero-order valence-corrected chi connectivity index (χ0v) is 11.6. The van der Waals surface area contributed by atoms with Crippen molar-refractivity contribution in [3.63, 3.8) is 0 Å². The largest absolute Gasteiger partial charge is 0.294 e. The Morgan fingerprint density at radius 1 is 1.42 bits per heavy atom. The second kappa shape index (κ2) is 4.92. The minimum atomic E-state index is -4.38. The maximum atomic E-state index is 11.8. The zero-order valence-electron chi connectivity index (χ0n) is 10.00. The van der Waals surface area contributed by atoms with Gasteiger partial charge >= 0.3 is 0 Å². The van der Waals surface area contributed by atoms with E-state index in [2.05, 4.69) is 5.10 Å². The van der Waals surface area contributed by atoms with Gasteiger partial charge in [-0.15, -0.1) is 0 Å². The number of anilines is 1. The van der Waals surface area contributed by atoms with Crippen molar-refractivity contribution in [2.75, 3.05) is 5.01 Å². The van der Waals surface area contributed by atoms with Crippen LogP contribution in [0.1, 0.15) is 19.8 Å². The minimum absolute atomic E-state index is 0.0954. The molecule has 1 aliphatic heterocycles. The number of rotatable bonds is 3. The number of hydrazone groups is 1. The lowest BCUT2D eigenvalue weighted by Crippen LogP contribution is -2.19. The summed E-state index contributed by atoms with van der Waals surface area (Å²) in [6, 6.07) is 3.67. The normalized spacial score (nSPS) is 15.8. The summed E-state index contributed by atoms with van der Waals surface area (Å²) in [7, 11) is -4.38. The van der Waals surface area contributed by atoms with Gasteiger partial charge in [0, 0.05) is 10.7 Å². The summed E-state index contributed by atoms with van der Waals surface area (Å²) in [5.41, 5.74) is 0.923. The molecule has 0 fully saturated rings. The van der Waals surface area contributed by atoms with Gasteiger partial charge < -0.3 is 0 Å². The highest BCUT2D eigenvalue weighted by Gasteiger charge is 2.25. The standard InChI is InChI=1S/C11H11ClN2O4S/c1-2-8-5-11(15)14(13-8)9-3-7(12)4-10(6-9)19(16,17)18/h3-4,6H,2,5H2,1H3,(H,16,17,18). The van der Waals surface area contributed by atoms with Crippen molar-refractivity contribution in [1.82, 2.24) is 0 Å². The molecule has 6 nitrogen and oxygen atoms in total. The lowest BCUT2D eigenvalue weighted by molar-refractivity contribution is -0.116. The summed E-state index contributed by atoms with van der Waals surface area (Å²) < 4.78 is 31.2. The number of benzene rings is 1. The number of nitrogens with zero attached hydrogens (tertiary/aromatic N) is 2. The van der Waals surface area contributed by atoms with Crippen molar-refractivity contribution in [2.24, 2.45) is 5.10 Å². The van der Waals surface area contributed by atoms with Gasteiger partial charge in [0.1, 0.15) is 0 Å². The predicted octanol–water partition coefficient (Wildman–Crippen LogP) is 2.09. The molecule has 0 unspecified atom stereocenters. The monoisotopic (exact) mass is 302 g/mol. The molecule has 0 radical (unpaired) electrons. The molecule has 1 amide bonds. The van der Waals surface area contributed by atoms with Crippen molar-refractivity contribution in [3.8, 4) is 0 Å². The fourth-order valence-electron chi connectivity index (χ4n) is 1.70. The van der Waals surface area contributed by atoms with E-state index < -0.39 is 10.1 Å². The molecule has 2 rings (SSSR count). The summed E-state index contributed by atoms with van der Waals surface area (Å²) >= 11 is 5.79. The van der Waals surface area contributed by atoms with E-state index >= 15 is 0 Å². The predicted molar refractivity (Wildman–Crippen MR) is 71.1 cm³/mol. The zero-order chi connectivity index (χ0) is 14.2. The van der Waals surface area contributed by atoms with Crippen LogP contribution in [-0.2, 0) is 14.9 Å². The highest BCUT2D eigenvalue weighted by atomic mass is 35.5. The first kappa shape index (κ1) is 14.0. The van der Waals surface area contributed by atoms with Crippen LogP contribution >= 0.6 is 11.6 Å². The second-order valence-electron chi connectivity index (χ2n) is 4.02. The Hall–Kier alpha value is -1.44. The first-order valence-electron chi connectivity index (χ1n) is 5.48. The van der Waals surface area contributed by atoms with Crippen LogP contribution in [0.5, 0.6) is 0 Å². The minimum Gasteiger partial charge on any atom is -0.282 e. The highest BCUT2D eigenvalue weighted by molar-refractivity contribution is 7.85. The van der Waals surface area contributed by atoms with Crippen molar-refractivity contribution in [2.45, 2.75) is 24.7 Å². The number of hydrogen-bond acceptors (Lipinski definition) is 4. The lowest BCUT2D eigenvalue weighted by atomic mass is 10.2. The second-order valence-corrected chi connectivity index (χ2v) is 5.88. The molecule has 1 aromatic carbocycles. The van der Waals surface area contributed by atoms with Crippen LogP contribution in [0.15, 0.2) is 28.2 Å². The number of carbonyl (C=O) groups is 1. The molecular formula is C11H11ClN2O4S. The lowest BCUT2D eigenvalue weighted by Gasteiger charge is -2.13. The Kier molecular flexibility index (Phi) is 3.62. The van der Waals surface area contributed by atoms with E-state index in [1.54, 1.807) is 0 Å². The van der Waals surface area contributed by atoms with Gasteiger partial charge in [-0.3, -0.25) is 9.35 Å². The molecule has 0 aliphatic carbocycles. The highest BCUT2D eigenvalue weighted by Crippen LogP contribution is 2.28. The summed E-state index contributed by atoms with van der Waals surface area (Å²) in [6.07, 6.45) is 0.832. The van der Waals surface area contributed by atoms with Gasteiger partial charge in [0.25, 0.3) is 16.0 Å². The van der Waals surface area contributed by atoms with Crippen molar-refractivity contribution in [3.05, 3.63) is 23.2 Å². The van der Waals surface area contributed by atoms with Crippen LogP contribution in [0.3, 0.4) is 0 Å². The summed E-state index contributed by atoms with van der Waals surface area (Å²) in [5.74, 6) is -0.264. The molecule has 0 atom stereocenters. The van der Waals surface area contributed by atoms with Crippen molar-refractivity contribution < 1.29 is 17.8 Å². The van der Waals surface area contributed by atoms with E-state index in [4.69, 9.17) is 16.2 Å². The quantitative estimate of drug-likeness (QED) is 0.866. The van der Waals surface area contributed by atoms with Crippen LogP contribution in [0.4, 0.5) is 5.69 Å². The van der Waals surface area contributed by atoms with Crippen LogP contribution in [0, 0.1) is 0 Å². The molecule has 102 valence electrons. The van der Waals surface area contributed by atoms with Crippen LogP contribution < -0.4 is 5.01 Å². The average molecular weight is 303 g/mol. The third-order valence-electron chi connectivity index (χ3n) is 2.64. The molecule has 0 saturated heterocycles. The van der Waals surface area contributed by atoms with Gasteiger partial charge in [-0.05, 0) is 24.6 Å². The Labute approximate surface area is 115 Å². The molecule has 1 aliphatic rings. The van der Waals surface area contributed by atoms with E-state index in [-0.39, 0.29) is 27.9 Å². The smallest absolute Gasteiger partial charge is 0.282 e. The Morgan fingerprint density at radius 3 is 2.63 bits per heavy atom. The van der Waals surface area contributed by atoms with Crippen LogP contribution in [0.25, 0.3) is 0 Å². The molecule has 1 aromatic rings.